The van der Waals surface area contributed by atoms with Crippen LogP contribution in [-0.4, -0.2) is 39.9 Å². The van der Waals surface area contributed by atoms with Crippen LogP contribution in [0.15, 0.2) is 29.3 Å². The molecular formula is C17H30IN3O2. The van der Waals surface area contributed by atoms with Crippen LogP contribution in [0.3, 0.4) is 0 Å². The Hall–Kier alpha value is -1.02. The average molecular weight is 435 g/mol. The maximum Gasteiger partial charge on any atom is 0.191 e. The molecule has 23 heavy (non-hydrogen) atoms. The van der Waals surface area contributed by atoms with Crippen molar-refractivity contribution in [3.63, 3.8) is 0 Å². The highest BCUT2D eigenvalue weighted by molar-refractivity contribution is 14.0. The lowest BCUT2D eigenvalue weighted by atomic mass is 10.2. The number of hydrogen-bond donors (Lipinski definition) is 2. The molecule has 0 saturated heterocycles. The number of guanidine groups is 1. The highest BCUT2D eigenvalue weighted by Crippen LogP contribution is 2.11. The Morgan fingerprint density at radius 1 is 1.26 bits per heavy atom. The van der Waals surface area contributed by atoms with Crippen molar-refractivity contribution in [2.75, 3.05) is 33.9 Å². The second-order valence-electron chi connectivity index (χ2n) is 5.53. The maximum absolute atomic E-state index is 5.55. The summed E-state index contributed by atoms with van der Waals surface area (Å²) in [7, 11) is 3.45. The van der Waals surface area contributed by atoms with Gasteiger partial charge in [-0.15, -0.1) is 24.0 Å². The molecule has 0 atom stereocenters. The largest absolute Gasteiger partial charge is 0.497 e. The minimum Gasteiger partial charge on any atom is -0.497 e. The Bertz CT molecular complexity index is 453. The zero-order chi connectivity index (χ0) is 16.2. The minimum atomic E-state index is 0. The number of halogens is 1. The number of methoxy groups -OCH3 is 1. The second kappa shape index (κ2) is 13.4. The monoisotopic (exact) mass is 435 g/mol. The van der Waals surface area contributed by atoms with Gasteiger partial charge in [0.15, 0.2) is 5.96 Å². The van der Waals surface area contributed by atoms with Crippen molar-refractivity contribution in [1.29, 1.82) is 0 Å². The quantitative estimate of drug-likeness (QED) is 0.271. The Morgan fingerprint density at radius 2 is 2.04 bits per heavy atom. The van der Waals surface area contributed by atoms with E-state index < -0.39 is 0 Å². The summed E-state index contributed by atoms with van der Waals surface area (Å²) in [6.07, 6.45) is 0.965. The van der Waals surface area contributed by atoms with E-state index in [1.54, 1.807) is 14.2 Å². The molecule has 0 aromatic heterocycles. The molecule has 0 spiro atoms. The Labute approximate surface area is 157 Å². The molecule has 0 aliphatic carbocycles. The van der Waals surface area contributed by atoms with Crippen LogP contribution in [0.4, 0.5) is 0 Å². The summed E-state index contributed by atoms with van der Waals surface area (Å²) in [5, 5.41) is 6.57. The van der Waals surface area contributed by atoms with Crippen LogP contribution in [0.1, 0.15) is 25.8 Å². The van der Waals surface area contributed by atoms with Gasteiger partial charge in [-0.2, -0.15) is 0 Å². The highest BCUT2D eigenvalue weighted by atomic mass is 127. The molecule has 0 saturated carbocycles. The van der Waals surface area contributed by atoms with Gasteiger partial charge in [0.2, 0.25) is 0 Å². The van der Waals surface area contributed by atoms with Crippen molar-refractivity contribution in [2.45, 2.75) is 26.8 Å². The van der Waals surface area contributed by atoms with Gasteiger partial charge in [-0.05, 0) is 30.0 Å². The first kappa shape index (κ1) is 22.0. The molecule has 0 heterocycles. The standard InChI is InChI=1S/C17H29N3O2.HI/c1-14(2)13-22-10-6-9-19-17(18-3)20-12-15-7-5-8-16(11-15)21-4;/h5,7-8,11,14H,6,9-10,12-13H2,1-4H3,(H2,18,19,20);1H. The van der Waals surface area contributed by atoms with E-state index in [9.17, 15) is 0 Å². The van der Waals surface area contributed by atoms with Gasteiger partial charge in [0.1, 0.15) is 5.75 Å². The summed E-state index contributed by atoms with van der Waals surface area (Å²) >= 11 is 0. The maximum atomic E-state index is 5.55. The molecule has 0 aliphatic heterocycles. The first-order chi connectivity index (χ1) is 10.7. The predicted octanol–water partition coefficient (Wildman–Crippen LogP) is 3.04. The number of rotatable bonds is 9. The van der Waals surface area contributed by atoms with E-state index in [0.29, 0.717) is 12.5 Å². The number of ether oxygens (including phenoxy) is 2. The molecule has 0 bridgehead atoms. The van der Waals surface area contributed by atoms with Crippen molar-refractivity contribution < 1.29 is 9.47 Å². The second-order valence-corrected chi connectivity index (χ2v) is 5.53. The number of aliphatic imine (C=N–C) groups is 1. The van der Waals surface area contributed by atoms with Gasteiger partial charge in [0, 0.05) is 33.4 Å². The first-order valence-electron chi connectivity index (χ1n) is 7.81. The lowest BCUT2D eigenvalue weighted by Gasteiger charge is -2.13. The molecule has 6 heteroatoms. The third-order valence-electron chi connectivity index (χ3n) is 3.03. The van der Waals surface area contributed by atoms with Crippen LogP contribution in [-0.2, 0) is 11.3 Å². The van der Waals surface area contributed by atoms with Gasteiger partial charge in [0.25, 0.3) is 0 Å². The van der Waals surface area contributed by atoms with Gasteiger partial charge in [0.05, 0.1) is 7.11 Å². The number of benzene rings is 1. The smallest absolute Gasteiger partial charge is 0.191 e. The van der Waals surface area contributed by atoms with Crippen molar-refractivity contribution in [1.82, 2.24) is 10.6 Å². The van der Waals surface area contributed by atoms with Gasteiger partial charge >= 0.3 is 0 Å². The van der Waals surface area contributed by atoms with Gasteiger partial charge in [-0.1, -0.05) is 26.0 Å². The third-order valence-corrected chi connectivity index (χ3v) is 3.03. The van der Waals surface area contributed by atoms with E-state index >= 15 is 0 Å². The summed E-state index contributed by atoms with van der Waals surface area (Å²) < 4.78 is 10.8. The topological polar surface area (TPSA) is 54.9 Å². The van der Waals surface area contributed by atoms with Gasteiger partial charge in [-0.25, -0.2) is 0 Å². The van der Waals surface area contributed by atoms with Crippen LogP contribution < -0.4 is 15.4 Å². The number of nitrogens with zero attached hydrogens (tertiary/aromatic N) is 1. The zero-order valence-electron chi connectivity index (χ0n) is 14.6. The minimum absolute atomic E-state index is 0. The fourth-order valence-electron chi connectivity index (χ4n) is 1.89. The molecule has 1 rings (SSSR count). The van der Waals surface area contributed by atoms with Crippen LogP contribution in [0.5, 0.6) is 5.75 Å². The van der Waals surface area contributed by atoms with E-state index in [4.69, 9.17) is 9.47 Å². The van der Waals surface area contributed by atoms with Crippen molar-refractivity contribution in [3.05, 3.63) is 29.8 Å². The molecule has 0 unspecified atom stereocenters. The van der Waals surface area contributed by atoms with Crippen LogP contribution in [0, 0.1) is 5.92 Å². The molecule has 0 aliphatic rings. The molecule has 1 aromatic rings. The van der Waals surface area contributed by atoms with Gasteiger partial charge in [-0.3, -0.25) is 4.99 Å². The van der Waals surface area contributed by atoms with E-state index in [1.807, 2.05) is 18.2 Å². The zero-order valence-corrected chi connectivity index (χ0v) is 16.9. The van der Waals surface area contributed by atoms with Crippen LogP contribution >= 0.6 is 24.0 Å². The van der Waals surface area contributed by atoms with Crippen LogP contribution in [0.2, 0.25) is 0 Å². The van der Waals surface area contributed by atoms with Crippen molar-refractivity contribution >= 4 is 29.9 Å². The lowest BCUT2D eigenvalue weighted by Crippen LogP contribution is -2.37. The average Bonchev–Trinajstić information content (AvgIpc) is 2.53. The van der Waals surface area contributed by atoms with E-state index in [0.717, 1.165) is 43.5 Å². The number of nitrogens with one attached hydrogen (secondary N) is 2. The first-order valence-corrected chi connectivity index (χ1v) is 7.81. The Balaban J connectivity index is 0.00000484. The fourth-order valence-corrected chi connectivity index (χ4v) is 1.89. The van der Waals surface area contributed by atoms with E-state index in [-0.39, 0.29) is 24.0 Å². The summed E-state index contributed by atoms with van der Waals surface area (Å²) in [5.41, 5.74) is 1.16. The molecule has 1 aromatic carbocycles. The van der Waals surface area contributed by atoms with Gasteiger partial charge < -0.3 is 20.1 Å². The van der Waals surface area contributed by atoms with Crippen molar-refractivity contribution in [2.24, 2.45) is 10.9 Å². The normalized spacial score (nSPS) is 11.1. The Kier molecular flexibility index (Phi) is 12.8. The molecule has 132 valence electrons. The molecule has 0 fully saturated rings. The molecular weight excluding hydrogens is 405 g/mol. The molecule has 0 radical (unpaired) electrons. The molecule has 5 nitrogen and oxygen atoms in total. The highest BCUT2D eigenvalue weighted by Gasteiger charge is 2.00. The SMILES string of the molecule is CN=C(NCCCOCC(C)C)NCc1cccc(OC)c1.I. The summed E-state index contributed by atoms with van der Waals surface area (Å²) in [5.74, 6) is 2.25. The summed E-state index contributed by atoms with van der Waals surface area (Å²) in [6, 6.07) is 7.99. The lowest BCUT2D eigenvalue weighted by molar-refractivity contribution is 0.108. The third kappa shape index (κ3) is 10.4. The Morgan fingerprint density at radius 3 is 2.70 bits per heavy atom. The summed E-state index contributed by atoms with van der Waals surface area (Å²) in [6.45, 7) is 7.46. The number of hydrogen-bond acceptors (Lipinski definition) is 3. The predicted molar refractivity (Wildman–Crippen MR) is 107 cm³/mol. The summed E-state index contributed by atoms with van der Waals surface area (Å²) in [4.78, 5) is 4.21. The molecule has 0 amide bonds. The van der Waals surface area contributed by atoms with E-state index in [2.05, 4.69) is 35.5 Å². The fraction of sp³-hybridized carbons (Fsp3) is 0.588. The van der Waals surface area contributed by atoms with Crippen molar-refractivity contribution in [3.8, 4) is 5.75 Å². The van der Waals surface area contributed by atoms with Crippen LogP contribution in [0.25, 0.3) is 0 Å². The molecule has 2 N–H and O–H groups in total. The van der Waals surface area contributed by atoms with E-state index in [1.165, 1.54) is 0 Å².